The van der Waals surface area contributed by atoms with E-state index < -0.39 is 0 Å². The van der Waals surface area contributed by atoms with Crippen molar-refractivity contribution in [3.63, 3.8) is 0 Å². The predicted octanol–water partition coefficient (Wildman–Crippen LogP) is 0.327. The zero-order chi connectivity index (χ0) is 6.32. The quantitative estimate of drug-likeness (QED) is 0.511. The van der Waals surface area contributed by atoms with Crippen molar-refractivity contribution in [3.8, 4) is 0 Å². The Morgan fingerprint density at radius 2 is 2.33 bits per heavy atom. The highest BCUT2D eigenvalue weighted by molar-refractivity contribution is 5.58. The Morgan fingerprint density at radius 3 is 2.67 bits per heavy atom. The van der Waals surface area contributed by atoms with Crippen molar-refractivity contribution in [1.82, 2.24) is 5.32 Å². The van der Waals surface area contributed by atoms with E-state index in [9.17, 15) is 4.79 Å². The van der Waals surface area contributed by atoms with Crippen LogP contribution in [0.1, 0.15) is 19.3 Å². The second kappa shape index (κ2) is 1.57. The van der Waals surface area contributed by atoms with E-state index in [1.807, 2.05) is 0 Å². The van der Waals surface area contributed by atoms with E-state index in [1.54, 1.807) is 0 Å². The number of hydrogen-bond donors (Lipinski definition) is 1. The predicted molar refractivity (Wildman–Crippen MR) is 34.1 cm³/mol. The highest BCUT2D eigenvalue weighted by atomic mass is 16.1. The van der Waals surface area contributed by atoms with Crippen LogP contribution in [0.5, 0.6) is 0 Å². The zero-order valence-electron chi connectivity index (χ0n) is 5.39. The Labute approximate surface area is 54.6 Å². The van der Waals surface area contributed by atoms with E-state index in [4.69, 9.17) is 0 Å². The van der Waals surface area contributed by atoms with Crippen LogP contribution in [0.2, 0.25) is 0 Å². The van der Waals surface area contributed by atoms with Gasteiger partial charge in [0.2, 0.25) is 0 Å². The average molecular weight is 125 g/mol. The summed E-state index contributed by atoms with van der Waals surface area (Å²) in [6.45, 7) is 1.08. The van der Waals surface area contributed by atoms with Crippen LogP contribution >= 0.6 is 0 Å². The maximum atomic E-state index is 10.3. The minimum Gasteiger partial charge on any atom is -0.307 e. The van der Waals surface area contributed by atoms with Crippen molar-refractivity contribution in [2.24, 2.45) is 5.41 Å². The van der Waals surface area contributed by atoms with Gasteiger partial charge >= 0.3 is 0 Å². The van der Waals surface area contributed by atoms with Crippen LogP contribution < -0.4 is 5.32 Å². The molecule has 0 aromatic rings. The maximum absolute atomic E-state index is 10.3. The highest BCUT2D eigenvalue weighted by Gasteiger charge is 2.47. The SMILES string of the molecule is O=CC1CC2(CC2)CN1. The number of aldehydes is 1. The lowest BCUT2D eigenvalue weighted by atomic mass is 10.0. The first-order valence-electron chi connectivity index (χ1n) is 3.53. The smallest absolute Gasteiger partial charge is 0.136 e. The van der Waals surface area contributed by atoms with Crippen LogP contribution in [0.25, 0.3) is 0 Å². The molecule has 0 bridgehead atoms. The number of carbonyl (C=O) groups is 1. The molecule has 1 spiro atoms. The number of nitrogens with one attached hydrogen (secondary N) is 1. The lowest BCUT2D eigenvalue weighted by Gasteiger charge is -1.98. The molecule has 1 atom stereocenters. The molecule has 0 amide bonds. The molecule has 1 aliphatic heterocycles. The molecule has 1 N–H and O–H groups in total. The normalized spacial score (nSPS) is 37.1. The molecule has 1 aliphatic carbocycles. The van der Waals surface area contributed by atoms with Crippen molar-refractivity contribution >= 4 is 6.29 Å². The minimum absolute atomic E-state index is 0.174. The molecule has 0 radical (unpaired) electrons. The summed E-state index contributed by atoms with van der Waals surface area (Å²) in [5, 5.41) is 3.19. The largest absolute Gasteiger partial charge is 0.307 e. The highest BCUT2D eigenvalue weighted by Crippen LogP contribution is 2.51. The van der Waals surface area contributed by atoms with Gasteiger partial charge in [-0.3, -0.25) is 0 Å². The summed E-state index contributed by atoms with van der Waals surface area (Å²) >= 11 is 0. The van der Waals surface area contributed by atoms with Gasteiger partial charge in [-0.2, -0.15) is 0 Å². The number of carbonyl (C=O) groups excluding carboxylic acids is 1. The summed E-state index contributed by atoms with van der Waals surface area (Å²) in [7, 11) is 0. The molecular weight excluding hydrogens is 114 g/mol. The Morgan fingerprint density at radius 1 is 1.56 bits per heavy atom. The molecule has 0 aromatic carbocycles. The molecule has 2 nitrogen and oxygen atoms in total. The van der Waals surface area contributed by atoms with Crippen LogP contribution in [-0.2, 0) is 4.79 Å². The van der Waals surface area contributed by atoms with Crippen molar-refractivity contribution < 1.29 is 4.79 Å². The van der Waals surface area contributed by atoms with E-state index in [-0.39, 0.29) is 6.04 Å². The number of hydrogen-bond acceptors (Lipinski definition) is 2. The van der Waals surface area contributed by atoms with Crippen LogP contribution in [0.3, 0.4) is 0 Å². The van der Waals surface area contributed by atoms with Crippen molar-refractivity contribution in [3.05, 3.63) is 0 Å². The van der Waals surface area contributed by atoms with Gasteiger partial charge in [0.15, 0.2) is 0 Å². The Kier molecular flexibility index (Phi) is 0.943. The van der Waals surface area contributed by atoms with Gasteiger partial charge in [-0.25, -0.2) is 0 Å². The van der Waals surface area contributed by atoms with E-state index in [1.165, 1.54) is 12.8 Å². The lowest BCUT2D eigenvalue weighted by Crippen LogP contribution is -2.22. The van der Waals surface area contributed by atoms with E-state index >= 15 is 0 Å². The van der Waals surface area contributed by atoms with Crippen LogP contribution in [-0.4, -0.2) is 18.9 Å². The summed E-state index contributed by atoms with van der Waals surface area (Å²) in [5.41, 5.74) is 0.575. The van der Waals surface area contributed by atoms with Crippen molar-refractivity contribution in [2.75, 3.05) is 6.54 Å². The minimum atomic E-state index is 0.174. The van der Waals surface area contributed by atoms with E-state index in [0.29, 0.717) is 5.41 Å². The molecule has 2 fully saturated rings. The van der Waals surface area contributed by atoms with Gasteiger partial charge in [0.05, 0.1) is 6.04 Å². The fourth-order valence-corrected chi connectivity index (χ4v) is 1.61. The average Bonchev–Trinajstić information content (AvgIpc) is 2.44. The van der Waals surface area contributed by atoms with E-state index in [0.717, 1.165) is 19.3 Å². The van der Waals surface area contributed by atoms with Gasteiger partial charge in [0.25, 0.3) is 0 Å². The summed E-state index contributed by atoms with van der Waals surface area (Å²) < 4.78 is 0. The molecule has 2 aliphatic rings. The van der Waals surface area contributed by atoms with Gasteiger partial charge in [-0.1, -0.05) is 0 Å². The summed E-state index contributed by atoms with van der Waals surface area (Å²) in [6.07, 6.45) is 4.80. The Bertz CT molecular complexity index is 140. The van der Waals surface area contributed by atoms with Crippen LogP contribution in [0.15, 0.2) is 0 Å². The Hall–Kier alpha value is -0.370. The maximum Gasteiger partial charge on any atom is 0.136 e. The summed E-state index contributed by atoms with van der Waals surface area (Å²) in [4.78, 5) is 10.3. The molecule has 1 saturated heterocycles. The molecule has 50 valence electrons. The second-order valence-corrected chi connectivity index (χ2v) is 3.33. The molecular formula is C7H11NO. The Balaban J connectivity index is 2.00. The van der Waals surface area contributed by atoms with Crippen molar-refractivity contribution in [1.29, 1.82) is 0 Å². The summed E-state index contributed by atoms with van der Waals surface area (Å²) in [5.74, 6) is 0. The molecule has 9 heavy (non-hydrogen) atoms. The standard InChI is InChI=1S/C7H11NO/c9-4-6-3-7(1-2-7)5-8-6/h4,6,8H,1-3,5H2. The van der Waals surface area contributed by atoms with Gasteiger partial charge in [-0.05, 0) is 24.7 Å². The first-order valence-corrected chi connectivity index (χ1v) is 3.53. The third-order valence-corrected chi connectivity index (χ3v) is 2.51. The van der Waals surface area contributed by atoms with Gasteiger partial charge in [0.1, 0.15) is 6.29 Å². The summed E-state index contributed by atoms with van der Waals surface area (Å²) in [6, 6.07) is 0.174. The topological polar surface area (TPSA) is 29.1 Å². The molecule has 1 unspecified atom stereocenters. The van der Waals surface area contributed by atoms with Crippen molar-refractivity contribution in [2.45, 2.75) is 25.3 Å². The molecule has 0 aromatic heterocycles. The van der Waals surface area contributed by atoms with Gasteiger partial charge in [0, 0.05) is 6.54 Å². The van der Waals surface area contributed by atoms with Crippen LogP contribution in [0.4, 0.5) is 0 Å². The fraction of sp³-hybridized carbons (Fsp3) is 0.857. The van der Waals surface area contributed by atoms with Gasteiger partial charge < -0.3 is 10.1 Å². The third-order valence-electron chi connectivity index (χ3n) is 2.51. The molecule has 1 saturated carbocycles. The first-order chi connectivity index (χ1) is 4.35. The number of rotatable bonds is 1. The molecule has 2 rings (SSSR count). The van der Waals surface area contributed by atoms with Gasteiger partial charge in [-0.15, -0.1) is 0 Å². The third kappa shape index (κ3) is 0.778. The fourth-order valence-electron chi connectivity index (χ4n) is 1.61. The monoisotopic (exact) mass is 125 g/mol. The first kappa shape index (κ1) is 5.42. The molecule has 2 heteroatoms. The zero-order valence-corrected chi connectivity index (χ0v) is 5.39. The molecule has 1 heterocycles. The second-order valence-electron chi connectivity index (χ2n) is 3.33. The lowest BCUT2D eigenvalue weighted by molar-refractivity contribution is -0.109. The van der Waals surface area contributed by atoms with E-state index in [2.05, 4.69) is 5.32 Å². The van der Waals surface area contributed by atoms with Crippen LogP contribution in [0, 0.1) is 5.41 Å².